The van der Waals surface area contributed by atoms with Crippen molar-refractivity contribution in [1.29, 1.82) is 5.26 Å². The lowest BCUT2D eigenvalue weighted by atomic mass is 10.1. The molecule has 0 radical (unpaired) electrons. The maximum Gasteiger partial charge on any atom is 0.312 e. The highest BCUT2D eigenvalue weighted by molar-refractivity contribution is 5.88. The smallest absolute Gasteiger partial charge is 0.312 e. The Kier molecular flexibility index (Phi) is 5.84. The van der Waals surface area contributed by atoms with E-state index in [0.717, 1.165) is 0 Å². The van der Waals surface area contributed by atoms with Gasteiger partial charge in [0, 0.05) is 19.0 Å². The first kappa shape index (κ1) is 18.1. The maximum atomic E-state index is 12.1. The zero-order valence-electron chi connectivity index (χ0n) is 14.0. The molecule has 0 aliphatic rings. The van der Waals surface area contributed by atoms with Crippen LogP contribution in [-0.2, 0) is 20.7 Å². The number of ether oxygens (including phenoxy) is 1. The molecule has 2 rings (SSSR count). The quantitative estimate of drug-likeness (QED) is 0.775. The summed E-state index contributed by atoms with van der Waals surface area (Å²) in [5.74, 6) is -1.01. The number of rotatable bonds is 6. The number of carbonyl (C=O) groups is 2. The molecular formula is C17H18N4O4. The van der Waals surface area contributed by atoms with Crippen molar-refractivity contribution in [2.45, 2.75) is 25.9 Å². The number of esters is 1. The van der Waals surface area contributed by atoms with Crippen LogP contribution in [0.5, 0.6) is 0 Å². The summed E-state index contributed by atoms with van der Waals surface area (Å²) in [5, 5.41) is 15.8. The number of amides is 1. The minimum absolute atomic E-state index is 0.170. The molecule has 0 spiro atoms. The zero-order chi connectivity index (χ0) is 18.4. The fourth-order valence-corrected chi connectivity index (χ4v) is 2.37. The predicted octanol–water partition coefficient (Wildman–Crippen LogP) is 0.769. The molecule has 0 saturated heterocycles. The van der Waals surface area contributed by atoms with Crippen LogP contribution >= 0.6 is 0 Å². The Morgan fingerprint density at radius 2 is 2.04 bits per heavy atom. The van der Waals surface area contributed by atoms with Crippen molar-refractivity contribution >= 4 is 22.6 Å². The third-order valence-electron chi connectivity index (χ3n) is 3.68. The molecule has 0 fully saturated rings. The Morgan fingerprint density at radius 3 is 2.72 bits per heavy atom. The molecule has 0 saturated carbocycles. The summed E-state index contributed by atoms with van der Waals surface area (Å²) in [6, 6.07) is 8.75. The monoisotopic (exact) mass is 342 g/mol. The average Bonchev–Trinajstić information content (AvgIpc) is 2.61. The van der Waals surface area contributed by atoms with E-state index in [0.29, 0.717) is 16.5 Å². The van der Waals surface area contributed by atoms with Crippen LogP contribution in [0.15, 0.2) is 29.1 Å². The molecule has 0 unspecified atom stereocenters. The van der Waals surface area contributed by atoms with E-state index in [-0.39, 0.29) is 30.9 Å². The molecule has 8 nitrogen and oxygen atoms in total. The molecule has 1 N–H and O–H groups in total. The molecule has 25 heavy (non-hydrogen) atoms. The van der Waals surface area contributed by atoms with Gasteiger partial charge in [0.05, 0.1) is 30.0 Å². The van der Waals surface area contributed by atoms with Crippen molar-refractivity contribution in [3.63, 3.8) is 0 Å². The number of aromatic nitrogens is 2. The Morgan fingerprint density at radius 1 is 1.36 bits per heavy atom. The number of H-pyrrole nitrogens is 1. The van der Waals surface area contributed by atoms with Gasteiger partial charge in [-0.25, -0.2) is 5.10 Å². The van der Waals surface area contributed by atoms with Crippen LogP contribution in [0.1, 0.15) is 19.0 Å². The van der Waals surface area contributed by atoms with Gasteiger partial charge in [-0.3, -0.25) is 14.4 Å². The predicted molar refractivity (Wildman–Crippen MR) is 89.5 cm³/mol. The first-order chi connectivity index (χ1) is 11.9. The Bertz CT molecular complexity index is 884. The van der Waals surface area contributed by atoms with Gasteiger partial charge in [0.15, 0.2) is 6.10 Å². The fourth-order valence-electron chi connectivity index (χ4n) is 2.37. The van der Waals surface area contributed by atoms with E-state index in [9.17, 15) is 14.4 Å². The minimum atomic E-state index is -0.967. The van der Waals surface area contributed by atoms with Crippen LogP contribution < -0.4 is 5.56 Å². The second-order valence-electron chi connectivity index (χ2n) is 5.52. The zero-order valence-corrected chi connectivity index (χ0v) is 14.0. The molecule has 1 aromatic carbocycles. The van der Waals surface area contributed by atoms with Crippen LogP contribution in [0.2, 0.25) is 0 Å². The Balaban J connectivity index is 2.06. The number of carbonyl (C=O) groups excluding carboxylic acids is 2. The molecule has 1 aromatic heterocycles. The summed E-state index contributed by atoms with van der Waals surface area (Å²) in [6.45, 7) is 1.74. The second kappa shape index (κ2) is 8.06. The lowest BCUT2D eigenvalue weighted by Crippen LogP contribution is -2.38. The highest BCUT2D eigenvalue weighted by Gasteiger charge is 2.22. The summed E-state index contributed by atoms with van der Waals surface area (Å²) in [5.41, 5.74) is 0.0352. The van der Waals surface area contributed by atoms with Gasteiger partial charge in [0.25, 0.3) is 11.5 Å². The second-order valence-corrected chi connectivity index (χ2v) is 5.52. The summed E-state index contributed by atoms with van der Waals surface area (Å²) in [4.78, 5) is 37.3. The average molecular weight is 342 g/mol. The topological polar surface area (TPSA) is 116 Å². The number of nitriles is 1. The summed E-state index contributed by atoms with van der Waals surface area (Å²) < 4.78 is 5.15. The number of likely N-dealkylation sites (N-methyl/N-ethyl adjacent to an activating group) is 1. The number of aromatic amines is 1. The third-order valence-corrected chi connectivity index (χ3v) is 3.68. The van der Waals surface area contributed by atoms with Gasteiger partial charge >= 0.3 is 5.97 Å². The highest BCUT2D eigenvalue weighted by Crippen LogP contribution is 2.13. The highest BCUT2D eigenvalue weighted by atomic mass is 16.5. The molecule has 1 heterocycles. The van der Waals surface area contributed by atoms with Crippen molar-refractivity contribution in [3.05, 3.63) is 40.3 Å². The summed E-state index contributed by atoms with van der Waals surface area (Å²) in [6.07, 6.45) is -0.933. The van der Waals surface area contributed by atoms with E-state index in [2.05, 4.69) is 10.2 Å². The van der Waals surface area contributed by atoms with Crippen LogP contribution in [0, 0.1) is 11.3 Å². The molecule has 130 valence electrons. The number of fused-ring (bicyclic) bond motifs is 1. The van der Waals surface area contributed by atoms with Gasteiger partial charge in [0.1, 0.15) is 0 Å². The van der Waals surface area contributed by atoms with Gasteiger partial charge in [-0.05, 0) is 13.0 Å². The van der Waals surface area contributed by atoms with Crippen molar-refractivity contribution < 1.29 is 14.3 Å². The van der Waals surface area contributed by atoms with Gasteiger partial charge in [-0.15, -0.1) is 0 Å². The van der Waals surface area contributed by atoms with Crippen molar-refractivity contribution in [2.75, 3.05) is 13.6 Å². The van der Waals surface area contributed by atoms with Gasteiger partial charge in [-0.1, -0.05) is 18.2 Å². The lowest BCUT2D eigenvalue weighted by molar-refractivity contribution is -0.157. The van der Waals surface area contributed by atoms with E-state index >= 15 is 0 Å². The fraction of sp³-hybridized carbons (Fsp3) is 0.353. The third kappa shape index (κ3) is 4.41. The van der Waals surface area contributed by atoms with E-state index in [4.69, 9.17) is 10.00 Å². The number of hydrogen-bond donors (Lipinski definition) is 1. The molecule has 1 amide bonds. The van der Waals surface area contributed by atoms with Crippen molar-refractivity contribution in [2.24, 2.45) is 0 Å². The molecule has 0 aliphatic carbocycles. The molecule has 8 heteroatoms. The van der Waals surface area contributed by atoms with Crippen LogP contribution in [-0.4, -0.2) is 46.7 Å². The first-order valence-corrected chi connectivity index (χ1v) is 7.71. The largest absolute Gasteiger partial charge is 0.452 e. The summed E-state index contributed by atoms with van der Waals surface area (Å²) >= 11 is 0. The molecule has 2 aromatic rings. The minimum Gasteiger partial charge on any atom is -0.452 e. The number of nitrogens with zero attached hydrogens (tertiary/aromatic N) is 3. The van der Waals surface area contributed by atoms with Gasteiger partial charge in [-0.2, -0.15) is 10.4 Å². The van der Waals surface area contributed by atoms with Gasteiger partial charge < -0.3 is 9.64 Å². The van der Waals surface area contributed by atoms with E-state index in [1.54, 1.807) is 31.3 Å². The van der Waals surface area contributed by atoms with E-state index < -0.39 is 12.1 Å². The van der Waals surface area contributed by atoms with Crippen molar-refractivity contribution in [1.82, 2.24) is 15.1 Å². The molecule has 1 atom stereocenters. The van der Waals surface area contributed by atoms with Gasteiger partial charge in [0.2, 0.25) is 0 Å². The number of hydrogen-bond acceptors (Lipinski definition) is 6. The number of nitrogens with one attached hydrogen (secondary N) is 1. The van der Waals surface area contributed by atoms with Crippen LogP contribution in [0.3, 0.4) is 0 Å². The normalized spacial score (nSPS) is 11.6. The molecule has 0 aliphatic heterocycles. The molecular weight excluding hydrogens is 324 g/mol. The van der Waals surface area contributed by atoms with E-state index in [1.165, 1.54) is 11.8 Å². The molecule has 0 bridgehead atoms. The Hall–Kier alpha value is -3.21. The summed E-state index contributed by atoms with van der Waals surface area (Å²) in [7, 11) is 1.54. The lowest BCUT2D eigenvalue weighted by Gasteiger charge is -2.20. The van der Waals surface area contributed by atoms with Crippen molar-refractivity contribution in [3.8, 4) is 6.07 Å². The number of benzene rings is 1. The first-order valence-electron chi connectivity index (χ1n) is 7.71. The van der Waals surface area contributed by atoms with Crippen LogP contribution in [0.4, 0.5) is 0 Å². The van der Waals surface area contributed by atoms with E-state index in [1.807, 2.05) is 6.07 Å². The standard InChI is InChI=1S/C17H18N4O4/c1-11(17(24)21(2)9-5-8-18)25-15(22)10-14-12-6-3-4-7-13(12)16(23)20-19-14/h3-4,6-7,11H,5,9-10H2,1-2H3,(H,20,23)/t11-/m1/s1. The maximum absolute atomic E-state index is 12.1. The Labute approximate surface area is 144 Å². The SMILES string of the molecule is C[C@@H](OC(=O)Cc1n[nH]c(=O)c2ccccc12)C(=O)N(C)CCC#N. The van der Waals surface area contributed by atoms with Crippen LogP contribution in [0.25, 0.3) is 10.8 Å².